The fourth-order valence-electron chi connectivity index (χ4n) is 2.90. The number of carbonyl (C=O) groups excluding carboxylic acids is 1. The van der Waals surface area contributed by atoms with E-state index >= 15 is 0 Å². The van der Waals surface area contributed by atoms with E-state index in [1.165, 1.54) is 16.4 Å². The Morgan fingerprint density at radius 1 is 1.12 bits per heavy atom. The maximum absolute atomic E-state index is 12.9. The summed E-state index contributed by atoms with van der Waals surface area (Å²) < 4.78 is 27.8. The van der Waals surface area contributed by atoms with Gasteiger partial charge in [0.2, 0.25) is 15.9 Å². The molecule has 0 radical (unpaired) electrons. The second-order valence-electron chi connectivity index (χ2n) is 5.94. The fraction of sp³-hybridized carbons (Fsp3) is 0.562. The van der Waals surface area contributed by atoms with Crippen molar-refractivity contribution in [1.82, 2.24) is 14.1 Å². The molecule has 146 valence electrons. The number of benzene rings is 1. The van der Waals surface area contributed by atoms with Gasteiger partial charge in [0.25, 0.3) is 0 Å². The predicted octanol–water partition coefficient (Wildman–Crippen LogP) is 2.93. The van der Waals surface area contributed by atoms with E-state index in [0.717, 1.165) is 0 Å². The lowest BCUT2D eigenvalue weighted by Crippen LogP contribution is -2.51. The minimum atomic E-state index is -3.79. The van der Waals surface area contributed by atoms with Gasteiger partial charge in [-0.1, -0.05) is 39.1 Å². The van der Waals surface area contributed by atoms with Gasteiger partial charge in [0, 0.05) is 43.7 Å². The van der Waals surface area contributed by atoms with Gasteiger partial charge in [0.05, 0.1) is 16.6 Å². The van der Waals surface area contributed by atoms with Crippen molar-refractivity contribution >= 4 is 55.1 Å². The van der Waals surface area contributed by atoms with Crippen LogP contribution in [0.3, 0.4) is 0 Å². The number of piperazine rings is 1. The quantitative estimate of drug-likeness (QED) is 0.620. The Balaban J connectivity index is 2.07. The van der Waals surface area contributed by atoms with E-state index < -0.39 is 10.0 Å². The lowest BCUT2D eigenvalue weighted by molar-refractivity contribution is -0.132. The average molecular weight is 487 g/mol. The fourth-order valence-corrected chi connectivity index (χ4v) is 6.21. The van der Waals surface area contributed by atoms with Crippen LogP contribution < -0.4 is 0 Å². The molecule has 6 nitrogen and oxygen atoms in total. The number of nitrogens with zero attached hydrogens (tertiary/aromatic N) is 3. The molecule has 1 aliphatic heterocycles. The Morgan fingerprint density at radius 3 is 2.08 bits per heavy atom. The van der Waals surface area contributed by atoms with Crippen LogP contribution in [-0.2, 0) is 14.8 Å². The van der Waals surface area contributed by atoms with Crippen LogP contribution in [-0.4, -0.2) is 74.2 Å². The largest absolute Gasteiger partial charge is 0.342 e. The molecule has 1 amide bonds. The van der Waals surface area contributed by atoms with Gasteiger partial charge in [-0.05, 0) is 26.0 Å². The van der Waals surface area contributed by atoms with Crippen LogP contribution >= 0.6 is 39.1 Å². The molecule has 1 fully saturated rings. The second kappa shape index (κ2) is 9.21. The third-order valence-corrected chi connectivity index (χ3v) is 7.65. The minimum absolute atomic E-state index is 0.0605. The van der Waals surface area contributed by atoms with Crippen molar-refractivity contribution in [1.29, 1.82) is 0 Å². The topological polar surface area (TPSA) is 60.9 Å². The Labute approximate surface area is 173 Å². The molecule has 1 aromatic carbocycles. The molecule has 1 aliphatic rings. The summed E-state index contributed by atoms with van der Waals surface area (Å²) >= 11 is 15.5. The normalized spacial score (nSPS) is 16.7. The zero-order valence-corrected chi connectivity index (χ0v) is 18.6. The van der Waals surface area contributed by atoms with Gasteiger partial charge in [-0.2, -0.15) is 4.31 Å². The summed E-state index contributed by atoms with van der Waals surface area (Å²) in [6, 6.07) is 3.03. The van der Waals surface area contributed by atoms with Crippen molar-refractivity contribution in [2.24, 2.45) is 0 Å². The molecule has 0 atom stereocenters. The first-order chi connectivity index (χ1) is 12.2. The molecule has 1 heterocycles. The molecule has 0 N–H and O–H groups in total. The Morgan fingerprint density at radius 2 is 1.62 bits per heavy atom. The molecule has 1 saturated heterocycles. The third-order valence-electron chi connectivity index (χ3n) is 4.37. The second-order valence-corrected chi connectivity index (χ2v) is 9.55. The van der Waals surface area contributed by atoms with Crippen LogP contribution in [0.1, 0.15) is 13.8 Å². The molecule has 0 saturated carbocycles. The molecule has 26 heavy (non-hydrogen) atoms. The van der Waals surface area contributed by atoms with Crippen LogP contribution in [0.25, 0.3) is 0 Å². The van der Waals surface area contributed by atoms with Gasteiger partial charge in [-0.25, -0.2) is 8.42 Å². The first-order valence-corrected chi connectivity index (χ1v) is 11.3. The molecule has 0 aliphatic carbocycles. The summed E-state index contributed by atoms with van der Waals surface area (Å²) in [6.45, 7) is 7.07. The van der Waals surface area contributed by atoms with E-state index in [9.17, 15) is 13.2 Å². The van der Waals surface area contributed by atoms with E-state index in [2.05, 4.69) is 15.9 Å². The Hall–Kier alpha value is -0.380. The number of likely N-dealkylation sites (N-methyl/N-ethyl adjacent to an activating group) is 1. The lowest BCUT2D eigenvalue weighted by atomic mass is 10.3. The van der Waals surface area contributed by atoms with Crippen molar-refractivity contribution in [3.05, 3.63) is 26.7 Å². The van der Waals surface area contributed by atoms with Crippen LogP contribution in [0.15, 0.2) is 21.5 Å². The monoisotopic (exact) mass is 485 g/mol. The highest BCUT2D eigenvalue weighted by Crippen LogP contribution is 2.35. The Kier molecular flexibility index (Phi) is 7.76. The van der Waals surface area contributed by atoms with Gasteiger partial charge in [-0.3, -0.25) is 9.69 Å². The minimum Gasteiger partial charge on any atom is -0.342 e. The van der Waals surface area contributed by atoms with Crippen LogP contribution in [0.5, 0.6) is 0 Å². The van der Waals surface area contributed by atoms with E-state index in [1.807, 2.05) is 18.7 Å². The smallest absolute Gasteiger partial charge is 0.246 e. The molecule has 0 aromatic heterocycles. The molecular formula is C16H22BrCl2N3O3S. The highest BCUT2D eigenvalue weighted by Gasteiger charge is 2.32. The predicted molar refractivity (Wildman–Crippen MR) is 107 cm³/mol. The maximum Gasteiger partial charge on any atom is 0.246 e. The summed E-state index contributed by atoms with van der Waals surface area (Å²) in [5.41, 5.74) is 0. The zero-order chi connectivity index (χ0) is 19.5. The van der Waals surface area contributed by atoms with E-state index in [1.54, 1.807) is 4.90 Å². The first kappa shape index (κ1) is 21.9. The van der Waals surface area contributed by atoms with E-state index in [-0.39, 0.29) is 33.9 Å². The van der Waals surface area contributed by atoms with Crippen molar-refractivity contribution in [3.8, 4) is 0 Å². The van der Waals surface area contributed by atoms with Crippen molar-refractivity contribution < 1.29 is 13.2 Å². The molecule has 10 heteroatoms. The highest BCUT2D eigenvalue weighted by molar-refractivity contribution is 9.10. The molecule has 0 bridgehead atoms. The summed E-state index contributed by atoms with van der Waals surface area (Å²) in [4.78, 5) is 15.9. The average Bonchev–Trinajstić information content (AvgIpc) is 2.55. The number of hydrogen-bond donors (Lipinski definition) is 0. The van der Waals surface area contributed by atoms with Crippen LogP contribution in [0, 0.1) is 0 Å². The zero-order valence-electron chi connectivity index (χ0n) is 14.7. The molecule has 2 rings (SSSR count). The van der Waals surface area contributed by atoms with Crippen molar-refractivity contribution in [2.45, 2.75) is 18.7 Å². The summed E-state index contributed by atoms with van der Waals surface area (Å²) in [5, 5.41) is 0.173. The van der Waals surface area contributed by atoms with Gasteiger partial charge in [0.1, 0.15) is 4.90 Å². The number of hydrogen-bond acceptors (Lipinski definition) is 4. The van der Waals surface area contributed by atoms with Crippen molar-refractivity contribution in [2.75, 3.05) is 45.8 Å². The number of halogens is 3. The third kappa shape index (κ3) is 4.91. The van der Waals surface area contributed by atoms with Crippen molar-refractivity contribution in [3.63, 3.8) is 0 Å². The van der Waals surface area contributed by atoms with Gasteiger partial charge in [0.15, 0.2) is 0 Å². The summed E-state index contributed by atoms with van der Waals surface area (Å²) in [7, 11) is -3.79. The lowest BCUT2D eigenvalue weighted by Gasteiger charge is -2.34. The highest BCUT2D eigenvalue weighted by atomic mass is 79.9. The SMILES string of the molecule is CCN(CC)C(=O)CN1CCN(S(=O)(=O)c2c(Cl)cc(Br)cc2Cl)CC1. The maximum atomic E-state index is 12.9. The van der Waals surface area contributed by atoms with Gasteiger partial charge in [-0.15, -0.1) is 0 Å². The molecule has 0 unspecified atom stereocenters. The van der Waals surface area contributed by atoms with E-state index in [4.69, 9.17) is 23.2 Å². The Bertz CT molecular complexity index is 741. The number of rotatable bonds is 6. The first-order valence-electron chi connectivity index (χ1n) is 8.35. The van der Waals surface area contributed by atoms with Crippen LogP contribution in [0.4, 0.5) is 0 Å². The standard InChI is InChI=1S/C16H22BrCl2N3O3S/c1-3-21(4-2)15(23)11-20-5-7-22(8-6-20)26(24,25)16-13(18)9-12(17)10-14(16)19/h9-10H,3-8,11H2,1-2H3. The number of amides is 1. The number of carbonyl (C=O) groups is 1. The molecular weight excluding hydrogens is 465 g/mol. The van der Waals surface area contributed by atoms with Gasteiger partial charge < -0.3 is 4.90 Å². The number of sulfonamides is 1. The summed E-state index contributed by atoms with van der Waals surface area (Å²) in [6.07, 6.45) is 0. The van der Waals surface area contributed by atoms with E-state index in [0.29, 0.717) is 37.2 Å². The van der Waals surface area contributed by atoms with Crippen LogP contribution in [0.2, 0.25) is 10.0 Å². The molecule has 0 spiro atoms. The summed E-state index contributed by atoms with van der Waals surface area (Å²) in [5.74, 6) is 0.0605. The molecule has 1 aromatic rings. The van der Waals surface area contributed by atoms with Gasteiger partial charge >= 0.3 is 0 Å².